The van der Waals surface area contributed by atoms with Crippen LogP contribution in [0, 0.1) is 22.7 Å². The van der Waals surface area contributed by atoms with Crippen LogP contribution in [-0.2, 0) is 4.74 Å². The maximum Gasteiger partial charge on any atom is 0.137 e. The van der Waals surface area contributed by atoms with Crippen molar-refractivity contribution < 1.29 is 4.74 Å². The molecule has 0 saturated carbocycles. The van der Waals surface area contributed by atoms with Crippen LogP contribution in [-0.4, -0.2) is 0 Å². The smallest absolute Gasteiger partial charge is 0.137 e. The lowest BCUT2D eigenvalue weighted by Crippen LogP contribution is -2.01. The van der Waals surface area contributed by atoms with E-state index in [2.05, 4.69) is 15.9 Å². The monoisotopic (exact) mass is 408 g/mol. The molecular weight excluding hydrogens is 400 g/mol. The van der Waals surface area contributed by atoms with Crippen LogP contribution >= 0.6 is 27.5 Å². The third-order valence-corrected chi connectivity index (χ3v) is 4.34. The second-order valence-electron chi connectivity index (χ2n) is 5.19. The second-order valence-corrected chi connectivity index (χ2v) is 6.54. The number of nitriles is 2. The molecule has 2 aromatic carbocycles. The van der Waals surface area contributed by atoms with E-state index in [0.717, 1.165) is 15.6 Å². The Morgan fingerprint density at radius 1 is 0.840 bits per heavy atom. The van der Waals surface area contributed by atoms with E-state index >= 15 is 0 Å². The van der Waals surface area contributed by atoms with E-state index in [1.807, 2.05) is 48.5 Å². The summed E-state index contributed by atoms with van der Waals surface area (Å²) in [4.78, 5) is 0. The van der Waals surface area contributed by atoms with Crippen molar-refractivity contribution in [1.29, 1.82) is 10.5 Å². The highest BCUT2D eigenvalue weighted by Gasteiger charge is 2.17. The number of allylic oxidation sites excluding steroid dienone is 4. The summed E-state index contributed by atoms with van der Waals surface area (Å²) < 4.78 is 6.97. The molecule has 0 N–H and O–H groups in total. The van der Waals surface area contributed by atoms with E-state index in [4.69, 9.17) is 16.3 Å². The Kier molecular flexibility index (Phi) is 5.05. The summed E-state index contributed by atoms with van der Waals surface area (Å²) >= 11 is 9.35. The van der Waals surface area contributed by atoms with Gasteiger partial charge in [0.25, 0.3) is 0 Å². The average Bonchev–Trinajstić information content (AvgIpc) is 2.64. The lowest BCUT2D eigenvalue weighted by Gasteiger charge is -2.19. The molecule has 1 aliphatic heterocycles. The summed E-state index contributed by atoms with van der Waals surface area (Å²) in [5.41, 5.74) is 2.19. The van der Waals surface area contributed by atoms with Crippen LogP contribution in [0.2, 0.25) is 5.02 Å². The van der Waals surface area contributed by atoms with Crippen molar-refractivity contribution in [3.63, 3.8) is 0 Å². The zero-order chi connectivity index (χ0) is 17.8. The lowest BCUT2D eigenvalue weighted by molar-refractivity contribution is 0.467. The molecule has 0 spiro atoms. The third-order valence-electron chi connectivity index (χ3n) is 3.56. The Balaban J connectivity index is 2.11. The molecule has 0 bridgehead atoms. The van der Waals surface area contributed by atoms with Crippen molar-refractivity contribution in [1.82, 2.24) is 0 Å². The summed E-state index contributed by atoms with van der Waals surface area (Å²) in [5.74, 6) is 1.12. The molecule has 0 amide bonds. The second kappa shape index (κ2) is 7.40. The highest BCUT2D eigenvalue weighted by atomic mass is 79.9. The van der Waals surface area contributed by atoms with E-state index in [9.17, 15) is 10.5 Å². The van der Waals surface area contributed by atoms with Crippen molar-refractivity contribution in [2.24, 2.45) is 0 Å². The Morgan fingerprint density at radius 2 is 1.32 bits per heavy atom. The van der Waals surface area contributed by atoms with Gasteiger partial charge in [-0.1, -0.05) is 39.7 Å². The van der Waals surface area contributed by atoms with Gasteiger partial charge in [-0.3, -0.25) is 0 Å². The minimum atomic E-state index is 0.0318. The molecule has 0 aliphatic carbocycles. The van der Waals surface area contributed by atoms with Crippen LogP contribution in [0.4, 0.5) is 0 Å². The van der Waals surface area contributed by atoms with Gasteiger partial charge in [0.2, 0.25) is 0 Å². The summed E-state index contributed by atoms with van der Waals surface area (Å²) in [7, 11) is 0. The summed E-state index contributed by atoms with van der Waals surface area (Å²) in [6, 6.07) is 18.6. The predicted octanol–water partition coefficient (Wildman–Crippen LogP) is 5.86. The molecule has 3 rings (SSSR count). The summed E-state index contributed by atoms with van der Waals surface area (Å²) in [6.45, 7) is 0. The molecule has 5 heteroatoms. The van der Waals surface area contributed by atoms with Crippen molar-refractivity contribution in [2.75, 3.05) is 0 Å². The van der Waals surface area contributed by atoms with Gasteiger partial charge in [0.05, 0.1) is 0 Å². The van der Waals surface area contributed by atoms with Gasteiger partial charge in [-0.05, 0) is 48.6 Å². The molecular formula is C20H10BrClN2O. The molecule has 1 aliphatic rings. The maximum atomic E-state index is 9.21. The van der Waals surface area contributed by atoms with Crippen molar-refractivity contribution in [3.05, 3.63) is 92.5 Å². The molecule has 1 heterocycles. The number of nitrogens with zero attached hydrogens (tertiary/aromatic N) is 2. The Hall–Kier alpha value is -2.79. The number of benzene rings is 2. The minimum Gasteiger partial charge on any atom is -0.456 e. The third kappa shape index (κ3) is 3.83. The van der Waals surface area contributed by atoms with Gasteiger partial charge in [-0.25, -0.2) is 0 Å². The fourth-order valence-electron chi connectivity index (χ4n) is 2.31. The fourth-order valence-corrected chi connectivity index (χ4v) is 2.70. The molecule has 3 nitrogen and oxygen atoms in total. The highest BCUT2D eigenvalue weighted by Crippen LogP contribution is 2.33. The Bertz CT molecular complexity index is 908. The topological polar surface area (TPSA) is 56.8 Å². The lowest BCUT2D eigenvalue weighted by atomic mass is 10.0. The first-order chi connectivity index (χ1) is 12.1. The number of hydrogen-bond donors (Lipinski definition) is 0. The molecule has 0 unspecified atom stereocenters. The predicted molar refractivity (Wildman–Crippen MR) is 101 cm³/mol. The molecule has 0 atom stereocenters. The number of ether oxygens (including phenoxy) is 1. The van der Waals surface area contributed by atoms with E-state index < -0.39 is 0 Å². The first-order valence-electron chi connectivity index (χ1n) is 7.28. The molecule has 0 fully saturated rings. The maximum absolute atomic E-state index is 9.21. The van der Waals surface area contributed by atoms with Gasteiger partial charge in [-0.15, -0.1) is 0 Å². The fraction of sp³-hybridized carbons (Fsp3) is 0. The Labute approximate surface area is 158 Å². The van der Waals surface area contributed by atoms with Crippen LogP contribution < -0.4 is 0 Å². The van der Waals surface area contributed by atoms with E-state index in [1.54, 1.807) is 24.3 Å². The number of hydrogen-bond acceptors (Lipinski definition) is 3. The molecule has 2 aromatic rings. The molecule has 120 valence electrons. The van der Waals surface area contributed by atoms with Crippen LogP contribution in [0.3, 0.4) is 0 Å². The van der Waals surface area contributed by atoms with Crippen molar-refractivity contribution in [2.45, 2.75) is 0 Å². The molecule has 0 saturated heterocycles. The average molecular weight is 410 g/mol. The molecule has 25 heavy (non-hydrogen) atoms. The standard InChI is InChI=1S/C20H10BrClN2O/c21-17-5-1-13(2-6-17)19-9-15(16(11-23)12-24)10-20(25-19)14-3-7-18(22)8-4-14/h1-10H. The van der Waals surface area contributed by atoms with Gasteiger partial charge in [0.15, 0.2) is 0 Å². The number of rotatable bonds is 2. The van der Waals surface area contributed by atoms with E-state index in [0.29, 0.717) is 22.1 Å². The number of halogens is 2. The van der Waals surface area contributed by atoms with Crippen LogP contribution in [0.25, 0.3) is 11.5 Å². The first-order valence-corrected chi connectivity index (χ1v) is 8.45. The van der Waals surface area contributed by atoms with Gasteiger partial charge >= 0.3 is 0 Å². The highest BCUT2D eigenvalue weighted by molar-refractivity contribution is 9.10. The van der Waals surface area contributed by atoms with Gasteiger partial charge in [0, 0.05) is 26.2 Å². The van der Waals surface area contributed by atoms with Gasteiger partial charge < -0.3 is 4.74 Å². The van der Waals surface area contributed by atoms with E-state index in [1.165, 1.54) is 0 Å². The first kappa shape index (κ1) is 17.0. The summed E-state index contributed by atoms with van der Waals surface area (Å²) in [6.07, 6.45) is 3.39. The quantitative estimate of drug-likeness (QED) is 0.584. The minimum absolute atomic E-state index is 0.0318. The summed E-state index contributed by atoms with van der Waals surface area (Å²) in [5, 5.41) is 19.0. The van der Waals surface area contributed by atoms with E-state index in [-0.39, 0.29) is 5.57 Å². The largest absolute Gasteiger partial charge is 0.456 e. The van der Waals surface area contributed by atoms with Gasteiger partial charge in [-0.2, -0.15) is 10.5 Å². The zero-order valence-corrected chi connectivity index (χ0v) is 15.2. The Morgan fingerprint density at radius 3 is 1.80 bits per heavy atom. The van der Waals surface area contributed by atoms with Crippen molar-refractivity contribution >= 4 is 39.0 Å². The molecule has 0 radical (unpaired) electrons. The zero-order valence-electron chi connectivity index (χ0n) is 12.8. The van der Waals surface area contributed by atoms with Crippen LogP contribution in [0.5, 0.6) is 0 Å². The van der Waals surface area contributed by atoms with Crippen LogP contribution in [0.15, 0.2) is 76.3 Å². The van der Waals surface area contributed by atoms with Crippen molar-refractivity contribution in [3.8, 4) is 12.1 Å². The normalized spacial score (nSPS) is 13.0. The molecule has 0 aromatic heterocycles. The van der Waals surface area contributed by atoms with Gasteiger partial charge in [0.1, 0.15) is 29.2 Å². The SMILES string of the molecule is N#CC(C#N)=C1C=C(c2ccc(Cl)cc2)OC(c2ccc(Br)cc2)=C1. The van der Waals surface area contributed by atoms with Crippen LogP contribution in [0.1, 0.15) is 11.1 Å².